The Bertz CT molecular complexity index is 1080. The number of amides is 1. The van der Waals surface area contributed by atoms with Gasteiger partial charge in [-0.25, -0.2) is 4.79 Å². The number of hydrogen-bond donors (Lipinski definition) is 1. The van der Waals surface area contributed by atoms with Crippen molar-refractivity contribution < 1.29 is 37.3 Å². The summed E-state index contributed by atoms with van der Waals surface area (Å²) >= 11 is 0. The van der Waals surface area contributed by atoms with Crippen molar-refractivity contribution in [3.8, 4) is 11.5 Å². The van der Waals surface area contributed by atoms with Crippen LogP contribution in [0.1, 0.15) is 53.3 Å². The van der Waals surface area contributed by atoms with Gasteiger partial charge in [-0.2, -0.15) is 0 Å². The molecule has 3 aliphatic rings. The third-order valence-electron chi connectivity index (χ3n) is 6.46. The first-order valence-electron chi connectivity index (χ1n) is 10.8. The van der Waals surface area contributed by atoms with Gasteiger partial charge < -0.3 is 24.3 Å². The van der Waals surface area contributed by atoms with Gasteiger partial charge in [0.15, 0.2) is 11.5 Å². The first kappa shape index (κ1) is 21.6. The van der Waals surface area contributed by atoms with E-state index in [-0.39, 0.29) is 29.6 Å². The molecule has 33 heavy (non-hydrogen) atoms. The monoisotopic (exact) mass is 459 g/mol. The smallest absolute Gasteiger partial charge is 0.465 e. The lowest BCUT2D eigenvalue weighted by atomic mass is 9.92. The summed E-state index contributed by atoms with van der Waals surface area (Å²) in [6, 6.07) is 11.5. The fraction of sp³-hybridized carbons (Fsp3) is 0.417. The second kappa shape index (κ2) is 7.98. The van der Waals surface area contributed by atoms with Gasteiger partial charge in [0.05, 0.1) is 24.2 Å². The van der Waals surface area contributed by atoms with Gasteiger partial charge >= 0.3 is 12.3 Å². The highest BCUT2D eigenvalue weighted by Crippen LogP contribution is 2.52. The van der Waals surface area contributed by atoms with Gasteiger partial charge in [0.1, 0.15) is 0 Å². The van der Waals surface area contributed by atoms with Crippen LogP contribution >= 0.6 is 0 Å². The minimum atomic E-state index is -3.69. The van der Waals surface area contributed by atoms with E-state index >= 15 is 0 Å². The van der Waals surface area contributed by atoms with Crippen LogP contribution in [0.25, 0.3) is 0 Å². The van der Waals surface area contributed by atoms with E-state index in [0.717, 1.165) is 5.56 Å². The fourth-order valence-electron chi connectivity index (χ4n) is 4.45. The van der Waals surface area contributed by atoms with Crippen LogP contribution in [0.15, 0.2) is 42.5 Å². The van der Waals surface area contributed by atoms with Crippen molar-refractivity contribution in [3.63, 3.8) is 0 Å². The Labute approximate surface area is 189 Å². The number of methoxy groups -OCH3 is 1. The molecule has 2 aliphatic heterocycles. The van der Waals surface area contributed by atoms with Crippen molar-refractivity contribution in [1.29, 1.82) is 0 Å². The number of rotatable bonds is 5. The molecule has 1 amide bonds. The van der Waals surface area contributed by atoms with E-state index in [1.807, 2.05) is 12.1 Å². The van der Waals surface area contributed by atoms with Gasteiger partial charge in [-0.1, -0.05) is 18.2 Å². The molecule has 9 heteroatoms. The average molecular weight is 459 g/mol. The molecule has 0 bridgehead atoms. The number of fused-ring (bicyclic) bond motifs is 1. The summed E-state index contributed by atoms with van der Waals surface area (Å²) < 4.78 is 46.3. The van der Waals surface area contributed by atoms with E-state index in [4.69, 9.17) is 9.47 Å². The summed E-state index contributed by atoms with van der Waals surface area (Å²) in [4.78, 5) is 24.8. The lowest BCUT2D eigenvalue weighted by molar-refractivity contribution is -0.286. The highest BCUT2D eigenvalue weighted by atomic mass is 19.3. The zero-order valence-electron chi connectivity index (χ0n) is 17.9. The molecule has 5 rings (SSSR count). The topological polar surface area (TPSA) is 83.1 Å². The third kappa shape index (κ3) is 4.13. The predicted molar refractivity (Wildman–Crippen MR) is 111 cm³/mol. The Morgan fingerprint density at radius 3 is 2.48 bits per heavy atom. The van der Waals surface area contributed by atoms with Crippen molar-refractivity contribution in [2.45, 2.75) is 49.5 Å². The molecule has 2 atom stereocenters. The Kier molecular flexibility index (Phi) is 5.23. The zero-order chi connectivity index (χ0) is 23.2. The summed E-state index contributed by atoms with van der Waals surface area (Å²) in [5, 5.41) is 3.13. The van der Waals surface area contributed by atoms with Crippen molar-refractivity contribution in [1.82, 2.24) is 5.32 Å². The molecule has 2 unspecified atom stereocenters. The number of alkyl halides is 2. The first-order chi connectivity index (χ1) is 15.8. The highest BCUT2D eigenvalue weighted by molar-refractivity contribution is 5.91. The molecule has 174 valence electrons. The molecule has 2 aromatic rings. The Morgan fingerprint density at radius 1 is 1.06 bits per heavy atom. The van der Waals surface area contributed by atoms with E-state index in [0.29, 0.717) is 43.4 Å². The third-order valence-corrected chi connectivity index (χ3v) is 6.46. The lowest BCUT2D eigenvalue weighted by Crippen LogP contribution is -2.44. The lowest BCUT2D eigenvalue weighted by Gasteiger charge is -2.31. The summed E-state index contributed by atoms with van der Waals surface area (Å²) in [6.07, 6.45) is -1.36. The van der Waals surface area contributed by atoms with Crippen LogP contribution in [0, 0.1) is 0 Å². The number of carbonyl (C=O) groups excluding carboxylic acids is 2. The SMILES string of the molecule is COC(=O)c1ccc(C2CC(NC(=O)C3(c4ccc5c(c4)OC(F)(F)O5)CC3)CCO2)cc1. The number of carbonyl (C=O) groups is 2. The minimum Gasteiger partial charge on any atom is -0.465 e. The Hall–Kier alpha value is -3.20. The summed E-state index contributed by atoms with van der Waals surface area (Å²) in [7, 11) is 1.33. The van der Waals surface area contributed by atoms with Gasteiger partial charge in [-0.05, 0) is 61.1 Å². The van der Waals surface area contributed by atoms with Crippen LogP contribution in [0.4, 0.5) is 8.78 Å². The molecule has 2 aromatic carbocycles. The molecule has 1 N–H and O–H groups in total. The van der Waals surface area contributed by atoms with E-state index in [2.05, 4.69) is 14.8 Å². The molecule has 2 fully saturated rings. The van der Waals surface area contributed by atoms with Gasteiger partial charge in [-0.3, -0.25) is 4.79 Å². The Balaban J connectivity index is 1.25. The molecule has 7 nitrogen and oxygen atoms in total. The van der Waals surface area contributed by atoms with Crippen molar-refractivity contribution in [3.05, 3.63) is 59.2 Å². The molecule has 1 aliphatic carbocycles. The van der Waals surface area contributed by atoms with E-state index in [9.17, 15) is 18.4 Å². The van der Waals surface area contributed by atoms with E-state index in [1.54, 1.807) is 18.2 Å². The average Bonchev–Trinajstić information content (AvgIpc) is 3.56. The Morgan fingerprint density at radius 2 is 1.79 bits per heavy atom. The number of halogens is 2. The summed E-state index contributed by atoms with van der Waals surface area (Å²) in [5.41, 5.74) is 1.27. The highest BCUT2D eigenvalue weighted by Gasteiger charge is 2.53. The molecule has 0 spiro atoms. The molecule has 0 aromatic heterocycles. The van der Waals surface area contributed by atoms with E-state index in [1.165, 1.54) is 19.2 Å². The molecular weight excluding hydrogens is 436 g/mol. The zero-order valence-corrected chi connectivity index (χ0v) is 17.9. The standard InChI is InChI=1S/C24H23F2NO6/c1-30-21(28)15-4-2-14(3-5-15)19-13-17(8-11-31-19)27-22(29)23(9-10-23)16-6-7-18-20(12-16)33-24(25,26)32-18/h2-7,12,17,19H,8-11,13H2,1H3,(H,27,29). The predicted octanol–water partition coefficient (Wildman–Crippen LogP) is 3.86. The van der Waals surface area contributed by atoms with Crippen LogP contribution in [-0.2, 0) is 19.7 Å². The maximum Gasteiger partial charge on any atom is 0.586 e. The second-order valence-electron chi connectivity index (χ2n) is 8.58. The van der Waals surface area contributed by atoms with E-state index < -0.39 is 17.7 Å². The molecule has 2 heterocycles. The van der Waals surface area contributed by atoms with Crippen LogP contribution in [0.5, 0.6) is 11.5 Å². The van der Waals surface area contributed by atoms with Crippen molar-refractivity contribution in [2.75, 3.05) is 13.7 Å². The number of esters is 1. The number of hydrogen-bond acceptors (Lipinski definition) is 6. The second-order valence-corrected chi connectivity index (χ2v) is 8.58. The minimum absolute atomic E-state index is 0.0366. The molecule has 1 saturated heterocycles. The maximum atomic E-state index is 13.3. The summed E-state index contributed by atoms with van der Waals surface area (Å²) in [6.45, 7) is 0.487. The molecule has 1 saturated carbocycles. The van der Waals surface area contributed by atoms with Crippen molar-refractivity contribution >= 4 is 11.9 Å². The number of ether oxygens (including phenoxy) is 4. The first-order valence-corrected chi connectivity index (χ1v) is 10.8. The van der Waals surface area contributed by atoms with Crippen LogP contribution in [-0.4, -0.2) is 37.9 Å². The van der Waals surface area contributed by atoms with Gasteiger partial charge in [-0.15, -0.1) is 8.78 Å². The molecule has 0 radical (unpaired) electrons. The number of benzene rings is 2. The van der Waals surface area contributed by atoms with Crippen LogP contribution < -0.4 is 14.8 Å². The van der Waals surface area contributed by atoms with Crippen LogP contribution in [0.2, 0.25) is 0 Å². The summed E-state index contributed by atoms with van der Waals surface area (Å²) in [5.74, 6) is -0.624. The fourth-order valence-corrected chi connectivity index (χ4v) is 4.45. The van der Waals surface area contributed by atoms with Crippen LogP contribution in [0.3, 0.4) is 0 Å². The quantitative estimate of drug-likeness (QED) is 0.684. The normalized spacial score (nSPS) is 24.1. The van der Waals surface area contributed by atoms with Gasteiger partial charge in [0.2, 0.25) is 5.91 Å². The van der Waals surface area contributed by atoms with Crippen molar-refractivity contribution in [2.24, 2.45) is 0 Å². The van der Waals surface area contributed by atoms with Gasteiger partial charge in [0, 0.05) is 12.6 Å². The largest absolute Gasteiger partial charge is 0.586 e. The number of nitrogens with one attached hydrogen (secondary N) is 1. The van der Waals surface area contributed by atoms with Gasteiger partial charge in [0.25, 0.3) is 0 Å². The maximum absolute atomic E-state index is 13.3. The molecular formula is C24H23F2NO6.